The number of rotatable bonds is 0. The molecule has 1 aliphatic heterocycles. The summed E-state index contributed by atoms with van der Waals surface area (Å²) in [6.45, 7) is 4.00. The van der Waals surface area contributed by atoms with Gasteiger partial charge in [0.05, 0.1) is 13.2 Å². The number of hydrogen-bond acceptors (Lipinski definition) is 2. The number of benzene rings is 1. The van der Waals surface area contributed by atoms with Crippen LogP contribution >= 0.6 is 11.6 Å². The Morgan fingerprint density at radius 3 is 2.74 bits per heavy atom. The van der Waals surface area contributed by atoms with Crippen LogP contribution in [0.3, 0.4) is 0 Å². The first kappa shape index (κ1) is 14.7. The summed E-state index contributed by atoms with van der Waals surface area (Å²) in [4.78, 5) is 0. The second-order valence-corrected chi connectivity index (χ2v) is 8.64. The van der Waals surface area contributed by atoms with Crippen molar-refractivity contribution in [3.63, 3.8) is 0 Å². The SMILES string of the molecule is C[C@]12CC[C@@H]3c4ccc(Cl)cc4CC[C@H]3[C@@H]1CCC21OCCO1. The van der Waals surface area contributed by atoms with Crippen LogP contribution < -0.4 is 0 Å². The Balaban J connectivity index is 1.51. The maximum atomic E-state index is 6.21. The van der Waals surface area contributed by atoms with Gasteiger partial charge in [-0.1, -0.05) is 24.6 Å². The Morgan fingerprint density at radius 2 is 1.91 bits per heavy atom. The third kappa shape index (κ3) is 1.89. The number of halogens is 1. The lowest BCUT2D eigenvalue weighted by atomic mass is 9.55. The van der Waals surface area contributed by atoms with Crippen molar-refractivity contribution in [1.82, 2.24) is 0 Å². The zero-order valence-electron chi connectivity index (χ0n) is 13.8. The van der Waals surface area contributed by atoms with Gasteiger partial charge in [-0.3, -0.25) is 0 Å². The molecule has 1 aromatic carbocycles. The van der Waals surface area contributed by atoms with Crippen LogP contribution in [0, 0.1) is 17.3 Å². The van der Waals surface area contributed by atoms with E-state index in [1.165, 1.54) is 37.7 Å². The quantitative estimate of drug-likeness (QED) is 0.670. The highest BCUT2D eigenvalue weighted by Crippen LogP contribution is 2.66. The van der Waals surface area contributed by atoms with Crippen LogP contribution in [0.5, 0.6) is 0 Å². The van der Waals surface area contributed by atoms with Crippen molar-refractivity contribution in [2.75, 3.05) is 13.2 Å². The van der Waals surface area contributed by atoms with Crippen molar-refractivity contribution >= 4 is 11.6 Å². The molecular formula is C20H25ClO2. The largest absolute Gasteiger partial charge is 0.347 e. The van der Waals surface area contributed by atoms with Crippen LogP contribution in [0.2, 0.25) is 5.02 Å². The molecule has 0 unspecified atom stereocenters. The molecule has 0 N–H and O–H groups in total. The molecule has 5 rings (SSSR count). The highest BCUT2D eigenvalue weighted by molar-refractivity contribution is 6.30. The number of hydrogen-bond donors (Lipinski definition) is 0. The van der Waals surface area contributed by atoms with Crippen molar-refractivity contribution in [1.29, 1.82) is 0 Å². The van der Waals surface area contributed by atoms with Gasteiger partial charge in [0.1, 0.15) is 0 Å². The molecule has 3 heteroatoms. The van der Waals surface area contributed by atoms with Gasteiger partial charge in [0.2, 0.25) is 0 Å². The van der Waals surface area contributed by atoms with Crippen molar-refractivity contribution < 1.29 is 9.47 Å². The van der Waals surface area contributed by atoms with E-state index in [0.717, 1.165) is 36.5 Å². The van der Waals surface area contributed by atoms with Crippen LogP contribution in [0.1, 0.15) is 56.1 Å². The van der Waals surface area contributed by atoms with Gasteiger partial charge in [-0.15, -0.1) is 0 Å². The predicted octanol–water partition coefficient (Wildman–Crippen LogP) is 4.94. The second kappa shape index (κ2) is 4.97. The minimum atomic E-state index is -0.275. The molecule has 4 aliphatic rings. The van der Waals surface area contributed by atoms with E-state index in [0.29, 0.717) is 5.92 Å². The molecule has 124 valence electrons. The lowest BCUT2D eigenvalue weighted by Gasteiger charge is -2.52. The van der Waals surface area contributed by atoms with Gasteiger partial charge < -0.3 is 9.47 Å². The number of aryl methyl sites for hydroxylation is 1. The van der Waals surface area contributed by atoms with E-state index in [1.807, 2.05) is 0 Å². The molecule has 2 saturated carbocycles. The minimum absolute atomic E-state index is 0.203. The van der Waals surface area contributed by atoms with E-state index in [4.69, 9.17) is 21.1 Å². The van der Waals surface area contributed by atoms with Crippen LogP contribution in [-0.2, 0) is 15.9 Å². The molecule has 0 radical (unpaired) electrons. The Bertz CT molecular complexity index is 637. The molecule has 0 bridgehead atoms. The van der Waals surface area contributed by atoms with E-state index in [2.05, 4.69) is 25.1 Å². The summed E-state index contributed by atoms with van der Waals surface area (Å²) in [7, 11) is 0. The molecule has 23 heavy (non-hydrogen) atoms. The molecule has 1 heterocycles. The normalized spacial score (nSPS) is 40.7. The van der Waals surface area contributed by atoms with Crippen molar-refractivity contribution in [2.24, 2.45) is 17.3 Å². The molecule has 1 saturated heterocycles. The molecule has 1 aromatic rings. The first-order valence-corrected chi connectivity index (χ1v) is 9.57. The summed E-state index contributed by atoms with van der Waals surface area (Å²) in [5.41, 5.74) is 3.26. The van der Waals surface area contributed by atoms with Crippen LogP contribution in [0.4, 0.5) is 0 Å². The van der Waals surface area contributed by atoms with E-state index >= 15 is 0 Å². The Hall–Kier alpha value is -0.570. The highest BCUT2D eigenvalue weighted by Gasteiger charge is 2.64. The van der Waals surface area contributed by atoms with Gasteiger partial charge in [0, 0.05) is 16.9 Å². The fourth-order valence-corrected chi connectivity index (χ4v) is 6.63. The summed E-state index contributed by atoms with van der Waals surface area (Å²) in [5, 5.41) is 0.885. The summed E-state index contributed by atoms with van der Waals surface area (Å²) in [5.74, 6) is 1.96. The van der Waals surface area contributed by atoms with Crippen molar-refractivity contribution in [2.45, 2.75) is 57.2 Å². The third-order valence-corrected chi connectivity index (χ3v) is 7.72. The van der Waals surface area contributed by atoms with Crippen LogP contribution in [0.15, 0.2) is 18.2 Å². The fraction of sp³-hybridized carbons (Fsp3) is 0.700. The minimum Gasteiger partial charge on any atom is -0.347 e. The summed E-state index contributed by atoms with van der Waals surface area (Å²) >= 11 is 6.21. The van der Waals surface area contributed by atoms with Gasteiger partial charge in [-0.2, -0.15) is 0 Å². The zero-order valence-corrected chi connectivity index (χ0v) is 14.6. The smallest absolute Gasteiger partial charge is 0.174 e. The zero-order chi connectivity index (χ0) is 15.7. The maximum Gasteiger partial charge on any atom is 0.174 e. The van der Waals surface area contributed by atoms with Gasteiger partial charge in [-0.05, 0) is 73.1 Å². The lowest BCUT2D eigenvalue weighted by Crippen LogP contribution is -2.51. The molecule has 3 aliphatic carbocycles. The third-order valence-electron chi connectivity index (χ3n) is 7.49. The fourth-order valence-electron chi connectivity index (χ4n) is 6.44. The average molecular weight is 333 g/mol. The summed E-state index contributed by atoms with van der Waals surface area (Å²) < 4.78 is 12.4. The Labute approximate surface area is 143 Å². The molecule has 0 amide bonds. The monoisotopic (exact) mass is 332 g/mol. The van der Waals surface area contributed by atoms with E-state index in [-0.39, 0.29) is 11.2 Å². The van der Waals surface area contributed by atoms with E-state index in [9.17, 15) is 0 Å². The standard InChI is InChI=1S/C20H25ClO2/c1-19-8-6-16-15-5-3-14(21)12-13(15)2-4-17(16)18(19)7-9-20(19)22-10-11-23-20/h3,5,12,16-18H,2,4,6-11H2,1H3/t16-,17-,18+,19+/m1/s1. The highest BCUT2D eigenvalue weighted by atomic mass is 35.5. The van der Waals surface area contributed by atoms with Crippen molar-refractivity contribution in [3.8, 4) is 0 Å². The maximum absolute atomic E-state index is 6.21. The number of ether oxygens (including phenoxy) is 2. The molecule has 0 aromatic heterocycles. The Morgan fingerprint density at radius 1 is 1.09 bits per heavy atom. The van der Waals surface area contributed by atoms with Crippen LogP contribution in [0.25, 0.3) is 0 Å². The molecular weight excluding hydrogens is 308 g/mol. The molecule has 3 fully saturated rings. The summed E-state index contributed by atoms with van der Waals surface area (Å²) in [6, 6.07) is 6.57. The molecule has 4 atom stereocenters. The van der Waals surface area contributed by atoms with Gasteiger partial charge in [0.15, 0.2) is 5.79 Å². The van der Waals surface area contributed by atoms with Gasteiger partial charge >= 0.3 is 0 Å². The average Bonchev–Trinajstić information content (AvgIpc) is 3.14. The number of fused-ring (bicyclic) bond motifs is 6. The van der Waals surface area contributed by atoms with Gasteiger partial charge in [-0.25, -0.2) is 0 Å². The lowest BCUT2D eigenvalue weighted by molar-refractivity contribution is -0.237. The van der Waals surface area contributed by atoms with Crippen molar-refractivity contribution in [3.05, 3.63) is 34.3 Å². The van der Waals surface area contributed by atoms with E-state index < -0.39 is 0 Å². The first-order chi connectivity index (χ1) is 11.1. The topological polar surface area (TPSA) is 18.5 Å². The molecule has 2 nitrogen and oxygen atoms in total. The predicted molar refractivity (Wildman–Crippen MR) is 90.7 cm³/mol. The first-order valence-electron chi connectivity index (χ1n) is 9.19. The van der Waals surface area contributed by atoms with Gasteiger partial charge in [0.25, 0.3) is 0 Å². The Kier molecular flexibility index (Phi) is 3.19. The van der Waals surface area contributed by atoms with Crippen LogP contribution in [-0.4, -0.2) is 19.0 Å². The molecule has 1 spiro atoms. The summed E-state index contributed by atoms with van der Waals surface area (Å²) in [6.07, 6.45) is 7.32. The second-order valence-electron chi connectivity index (χ2n) is 8.20. The van der Waals surface area contributed by atoms with E-state index in [1.54, 1.807) is 5.56 Å².